The Morgan fingerprint density at radius 2 is 2.03 bits per heavy atom. The number of rotatable bonds is 10. The third kappa shape index (κ3) is 5.26. The molecule has 3 aromatic heterocycles. The van der Waals surface area contributed by atoms with E-state index in [2.05, 4.69) is 20.9 Å². The van der Waals surface area contributed by atoms with Gasteiger partial charge in [-0.3, -0.25) is 4.79 Å². The number of nitrogens with one attached hydrogen (secondary N) is 2. The van der Waals surface area contributed by atoms with Gasteiger partial charge in [0.2, 0.25) is 0 Å². The molecule has 0 unspecified atom stereocenters. The molecule has 1 fully saturated rings. The van der Waals surface area contributed by atoms with E-state index in [9.17, 15) is 4.79 Å². The average molecular weight is 481 g/mol. The van der Waals surface area contributed by atoms with Gasteiger partial charge >= 0.3 is 0 Å². The topological polar surface area (TPSA) is 119 Å². The highest BCUT2D eigenvalue weighted by atomic mass is 19.1. The number of halogens is 1. The Kier molecular flexibility index (Phi) is 6.87. The van der Waals surface area contributed by atoms with Gasteiger partial charge in [-0.25, -0.2) is 4.39 Å². The summed E-state index contributed by atoms with van der Waals surface area (Å²) in [5, 5.41) is 14.2. The molecule has 4 aromatic rings. The summed E-state index contributed by atoms with van der Waals surface area (Å²) in [4.78, 5) is 14.7. The van der Waals surface area contributed by atoms with Crippen LogP contribution in [0.4, 0.5) is 15.9 Å². The number of nitrogens with zero attached hydrogens (tertiary/aromatic N) is 3. The van der Waals surface area contributed by atoms with Gasteiger partial charge in [-0.1, -0.05) is 10.3 Å². The van der Waals surface area contributed by atoms with Crippen molar-refractivity contribution in [3.63, 3.8) is 0 Å². The lowest BCUT2D eigenvalue weighted by Crippen LogP contribution is -2.44. The third-order valence-corrected chi connectivity index (χ3v) is 5.62. The summed E-state index contributed by atoms with van der Waals surface area (Å²) in [5.74, 6) is 0.652. The maximum atomic E-state index is 15.8. The Labute approximate surface area is 200 Å². The number of anilines is 2. The fraction of sp³-hybridized carbons (Fsp3) is 0.292. The van der Waals surface area contributed by atoms with Crippen LogP contribution in [0.2, 0.25) is 0 Å². The molecule has 1 aliphatic heterocycles. The van der Waals surface area contributed by atoms with E-state index in [0.717, 1.165) is 0 Å². The molecule has 5 rings (SSSR count). The van der Waals surface area contributed by atoms with E-state index < -0.39 is 11.6 Å². The zero-order valence-corrected chi connectivity index (χ0v) is 18.8. The molecule has 1 saturated heterocycles. The molecule has 35 heavy (non-hydrogen) atoms. The number of hydrogen-bond acceptors (Lipinski definition) is 10. The number of hydrogen-bond donors (Lipinski definition) is 2. The van der Waals surface area contributed by atoms with Gasteiger partial charge in [0.1, 0.15) is 30.9 Å². The number of aromatic nitrogens is 2. The molecule has 0 saturated carbocycles. The van der Waals surface area contributed by atoms with Crippen LogP contribution in [0.1, 0.15) is 21.9 Å². The van der Waals surface area contributed by atoms with Crippen molar-refractivity contribution in [3.8, 4) is 11.3 Å². The minimum absolute atomic E-state index is 0.0295. The van der Waals surface area contributed by atoms with Gasteiger partial charge in [0.05, 0.1) is 24.1 Å². The first-order valence-corrected chi connectivity index (χ1v) is 11.2. The molecule has 0 aliphatic carbocycles. The van der Waals surface area contributed by atoms with E-state index >= 15 is 4.39 Å². The summed E-state index contributed by atoms with van der Waals surface area (Å²) >= 11 is 0. The van der Waals surface area contributed by atoms with Gasteiger partial charge < -0.3 is 33.7 Å². The second kappa shape index (κ2) is 10.5. The first-order valence-electron chi connectivity index (χ1n) is 11.2. The standard InChI is InChI=1S/C24H24FN5O5/c25-23-19(21(31)15-32-14-16-2-1-10-33-16)4-3-18(24(23)30-8-6-26-7-9-30)20-12-17(35-28-20)13-27-22-5-11-34-29-22/h1-5,10-12,26H,6-9,13-15H2,(H,27,29). The zero-order chi connectivity index (χ0) is 24.0. The van der Waals surface area contributed by atoms with Crippen molar-refractivity contribution in [1.82, 2.24) is 15.6 Å². The molecule has 0 atom stereocenters. The number of piperazine rings is 1. The summed E-state index contributed by atoms with van der Waals surface area (Å²) in [5.41, 5.74) is 1.32. The highest BCUT2D eigenvalue weighted by Gasteiger charge is 2.26. The molecule has 11 heteroatoms. The number of benzene rings is 1. The predicted molar refractivity (Wildman–Crippen MR) is 124 cm³/mol. The minimum Gasteiger partial charge on any atom is -0.467 e. The number of ketones is 1. The predicted octanol–water partition coefficient (Wildman–Crippen LogP) is 3.48. The Bertz CT molecular complexity index is 1250. The molecule has 0 spiro atoms. The van der Waals surface area contributed by atoms with Crippen LogP contribution >= 0.6 is 0 Å². The normalized spacial score (nSPS) is 13.8. The monoisotopic (exact) mass is 481 g/mol. The lowest BCUT2D eigenvalue weighted by molar-refractivity contribution is 0.0687. The smallest absolute Gasteiger partial charge is 0.191 e. The van der Waals surface area contributed by atoms with Gasteiger partial charge in [0.15, 0.2) is 23.2 Å². The van der Waals surface area contributed by atoms with Gasteiger partial charge in [0, 0.05) is 43.9 Å². The van der Waals surface area contributed by atoms with Gasteiger partial charge in [0.25, 0.3) is 0 Å². The third-order valence-electron chi connectivity index (χ3n) is 5.62. The molecule has 0 bridgehead atoms. The highest BCUT2D eigenvalue weighted by Crippen LogP contribution is 2.35. The largest absolute Gasteiger partial charge is 0.467 e. The average Bonchev–Trinajstić information content (AvgIpc) is 3.66. The molecule has 4 heterocycles. The van der Waals surface area contributed by atoms with E-state index in [1.54, 1.807) is 30.3 Å². The van der Waals surface area contributed by atoms with Crippen molar-refractivity contribution in [3.05, 3.63) is 71.8 Å². The molecular formula is C24H24FN5O5. The van der Waals surface area contributed by atoms with E-state index in [-0.39, 0.29) is 18.8 Å². The van der Waals surface area contributed by atoms with E-state index in [0.29, 0.717) is 67.0 Å². The Morgan fingerprint density at radius 1 is 1.14 bits per heavy atom. The number of Topliss-reactive ketones (excluding diaryl/α,β-unsaturated/α-hetero) is 1. The fourth-order valence-electron chi connectivity index (χ4n) is 3.91. The van der Waals surface area contributed by atoms with Crippen LogP contribution in [0.25, 0.3) is 11.3 Å². The fourth-order valence-corrected chi connectivity index (χ4v) is 3.91. The minimum atomic E-state index is -0.596. The maximum absolute atomic E-state index is 15.8. The summed E-state index contributed by atoms with van der Waals surface area (Å²) in [7, 11) is 0. The quantitative estimate of drug-likeness (QED) is 0.326. The number of ether oxygens (including phenoxy) is 1. The Balaban J connectivity index is 1.38. The van der Waals surface area contributed by atoms with Crippen molar-refractivity contribution in [2.24, 2.45) is 0 Å². The summed E-state index contributed by atoms with van der Waals surface area (Å²) in [6, 6.07) is 10.1. The van der Waals surface area contributed by atoms with Crippen molar-refractivity contribution in [2.45, 2.75) is 13.2 Å². The summed E-state index contributed by atoms with van der Waals surface area (Å²) < 4.78 is 36.7. The van der Waals surface area contributed by atoms with Crippen LogP contribution in [0.5, 0.6) is 0 Å². The molecule has 0 radical (unpaired) electrons. The van der Waals surface area contributed by atoms with Gasteiger partial charge in [-0.05, 0) is 24.3 Å². The van der Waals surface area contributed by atoms with Crippen molar-refractivity contribution in [1.29, 1.82) is 0 Å². The van der Waals surface area contributed by atoms with Crippen LogP contribution in [-0.2, 0) is 17.9 Å². The lowest BCUT2D eigenvalue weighted by Gasteiger charge is -2.31. The molecule has 1 aliphatic rings. The first kappa shape index (κ1) is 22.8. The van der Waals surface area contributed by atoms with Gasteiger partial charge in [-0.15, -0.1) is 0 Å². The Hall–Kier alpha value is -3.96. The van der Waals surface area contributed by atoms with Crippen LogP contribution in [0, 0.1) is 5.82 Å². The SMILES string of the molecule is O=C(COCc1ccco1)c1ccc(-c2cc(CNc3ccon3)on2)c(N2CCNCC2)c1F. The Morgan fingerprint density at radius 3 is 2.80 bits per heavy atom. The molecule has 2 N–H and O–H groups in total. The van der Waals surface area contributed by atoms with Crippen LogP contribution < -0.4 is 15.5 Å². The first-order chi connectivity index (χ1) is 17.2. The van der Waals surface area contributed by atoms with E-state index in [4.69, 9.17) is 18.2 Å². The number of carbonyl (C=O) groups is 1. The van der Waals surface area contributed by atoms with Gasteiger partial charge in [-0.2, -0.15) is 0 Å². The van der Waals surface area contributed by atoms with Crippen LogP contribution in [-0.4, -0.2) is 48.9 Å². The van der Waals surface area contributed by atoms with Crippen LogP contribution in [0.3, 0.4) is 0 Å². The van der Waals surface area contributed by atoms with Crippen LogP contribution in [0.15, 0.2) is 62.4 Å². The lowest BCUT2D eigenvalue weighted by atomic mass is 10.0. The molecule has 0 amide bonds. The van der Waals surface area contributed by atoms with Crippen molar-refractivity contribution in [2.75, 3.05) is 43.0 Å². The number of furan rings is 1. The van der Waals surface area contributed by atoms with E-state index in [1.165, 1.54) is 18.6 Å². The number of carbonyl (C=O) groups excluding carboxylic acids is 1. The van der Waals surface area contributed by atoms with Crippen molar-refractivity contribution >= 4 is 17.3 Å². The zero-order valence-electron chi connectivity index (χ0n) is 18.8. The molecule has 182 valence electrons. The molecule has 1 aromatic carbocycles. The highest BCUT2D eigenvalue weighted by molar-refractivity contribution is 5.99. The van der Waals surface area contributed by atoms with E-state index in [1.807, 2.05) is 4.90 Å². The summed E-state index contributed by atoms with van der Waals surface area (Å²) in [6.07, 6.45) is 2.99. The maximum Gasteiger partial charge on any atom is 0.191 e. The second-order valence-electron chi connectivity index (χ2n) is 7.97. The summed E-state index contributed by atoms with van der Waals surface area (Å²) in [6.45, 7) is 2.79. The molecular weight excluding hydrogens is 457 g/mol. The molecule has 10 nitrogen and oxygen atoms in total. The van der Waals surface area contributed by atoms with Crippen molar-refractivity contribution < 1.29 is 27.4 Å². The second-order valence-corrected chi connectivity index (χ2v) is 7.97.